The summed E-state index contributed by atoms with van der Waals surface area (Å²) < 4.78 is -1.14. The molecule has 0 bridgehead atoms. The van der Waals surface area contributed by atoms with Gasteiger partial charge in [-0.3, -0.25) is 9.59 Å². The van der Waals surface area contributed by atoms with Crippen LogP contribution >= 0.6 is 11.8 Å². The van der Waals surface area contributed by atoms with Gasteiger partial charge < -0.3 is 10.2 Å². The quantitative estimate of drug-likeness (QED) is 0.839. The Labute approximate surface area is 152 Å². The van der Waals surface area contributed by atoms with E-state index in [1.165, 1.54) is 11.8 Å². The zero-order valence-electron chi connectivity index (χ0n) is 14.5. The monoisotopic (exact) mass is 354 g/mol. The summed E-state index contributed by atoms with van der Waals surface area (Å²) in [7, 11) is 0. The number of carbonyl (C=O) groups excluding carboxylic acids is 2. The van der Waals surface area contributed by atoms with Crippen molar-refractivity contribution in [3.8, 4) is 0 Å². The lowest BCUT2D eigenvalue weighted by atomic mass is 10.1. The summed E-state index contributed by atoms with van der Waals surface area (Å²) in [5, 5.41) is 2.94. The Balaban J connectivity index is 1.74. The molecule has 0 saturated carbocycles. The second-order valence-corrected chi connectivity index (χ2v) is 7.60. The Hall–Kier alpha value is -2.27. The second kappa shape index (κ2) is 7.31. The molecule has 0 saturated heterocycles. The molecule has 25 heavy (non-hydrogen) atoms. The third kappa shape index (κ3) is 3.42. The SMILES string of the molecule is CCN1C(=O)C(C)(C(=O)NCCc2ccccc2)Sc2ccccc21. The summed E-state index contributed by atoms with van der Waals surface area (Å²) in [6.45, 7) is 4.71. The van der Waals surface area contributed by atoms with Gasteiger partial charge in [0.1, 0.15) is 0 Å². The van der Waals surface area contributed by atoms with Crippen LogP contribution in [0.2, 0.25) is 0 Å². The van der Waals surface area contributed by atoms with Crippen molar-refractivity contribution in [2.24, 2.45) is 0 Å². The van der Waals surface area contributed by atoms with Crippen LogP contribution in [0.1, 0.15) is 19.4 Å². The van der Waals surface area contributed by atoms with Crippen LogP contribution in [0.5, 0.6) is 0 Å². The van der Waals surface area contributed by atoms with Crippen molar-refractivity contribution < 1.29 is 9.59 Å². The molecule has 2 aromatic carbocycles. The molecule has 2 amide bonds. The number of benzene rings is 2. The summed E-state index contributed by atoms with van der Waals surface area (Å²) >= 11 is 1.34. The van der Waals surface area contributed by atoms with E-state index in [2.05, 4.69) is 5.32 Å². The van der Waals surface area contributed by atoms with Crippen molar-refractivity contribution >= 4 is 29.3 Å². The Morgan fingerprint density at radius 1 is 1.12 bits per heavy atom. The van der Waals surface area contributed by atoms with E-state index >= 15 is 0 Å². The molecule has 0 fully saturated rings. The van der Waals surface area contributed by atoms with Crippen molar-refractivity contribution in [1.82, 2.24) is 5.32 Å². The first kappa shape index (κ1) is 17.5. The number of rotatable bonds is 5. The van der Waals surface area contributed by atoms with Gasteiger partial charge in [0.2, 0.25) is 5.91 Å². The lowest BCUT2D eigenvalue weighted by molar-refractivity contribution is -0.131. The number of hydrogen-bond acceptors (Lipinski definition) is 3. The minimum atomic E-state index is -1.14. The third-order valence-electron chi connectivity index (χ3n) is 4.41. The van der Waals surface area contributed by atoms with Crippen LogP contribution in [0, 0.1) is 0 Å². The van der Waals surface area contributed by atoms with Crippen LogP contribution < -0.4 is 10.2 Å². The molecule has 0 aromatic heterocycles. The fraction of sp³-hybridized carbons (Fsp3) is 0.300. The molecule has 0 aliphatic carbocycles. The van der Waals surface area contributed by atoms with Crippen molar-refractivity contribution in [3.63, 3.8) is 0 Å². The average Bonchev–Trinajstić information content (AvgIpc) is 2.63. The van der Waals surface area contributed by atoms with E-state index in [9.17, 15) is 9.59 Å². The Kier molecular flexibility index (Phi) is 5.13. The highest BCUT2D eigenvalue weighted by atomic mass is 32.2. The molecule has 1 N–H and O–H groups in total. The number of carbonyl (C=O) groups is 2. The van der Waals surface area contributed by atoms with Gasteiger partial charge in [0.15, 0.2) is 4.75 Å². The van der Waals surface area contributed by atoms with Crippen LogP contribution in [-0.4, -0.2) is 29.7 Å². The van der Waals surface area contributed by atoms with E-state index in [1.807, 2.05) is 61.5 Å². The number of nitrogens with zero attached hydrogens (tertiary/aromatic N) is 1. The topological polar surface area (TPSA) is 49.4 Å². The molecule has 0 radical (unpaired) electrons. The van der Waals surface area contributed by atoms with Crippen LogP contribution in [0.3, 0.4) is 0 Å². The molecule has 1 aliphatic rings. The summed E-state index contributed by atoms with van der Waals surface area (Å²) in [6, 6.07) is 17.7. The molecule has 1 unspecified atom stereocenters. The minimum absolute atomic E-state index is 0.157. The predicted octanol–water partition coefficient (Wildman–Crippen LogP) is 3.26. The smallest absolute Gasteiger partial charge is 0.252 e. The standard InChI is InChI=1S/C20H22N2O2S/c1-3-22-16-11-7-8-12-17(16)25-20(2,19(22)24)18(23)21-14-13-15-9-5-4-6-10-15/h4-12H,3,13-14H2,1-2H3,(H,21,23). The van der Waals surface area contributed by atoms with Gasteiger partial charge in [0, 0.05) is 18.0 Å². The summed E-state index contributed by atoms with van der Waals surface area (Å²) in [6.07, 6.45) is 0.746. The van der Waals surface area contributed by atoms with Crippen LogP contribution in [-0.2, 0) is 16.0 Å². The molecular formula is C20H22N2O2S. The molecule has 0 spiro atoms. The molecule has 130 valence electrons. The van der Waals surface area contributed by atoms with E-state index < -0.39 is 4.75 Å². The van der Waals surface area contributed by atoms with E-state index in [1.54, 1.807) is 11.8 Å². The summed E-state index contributed by atoms with van der Waals surface area (Å²) in [5.41, 5.74) is 2.05. The Bertz CT molecular complexity index is 778. The Morgan fingerprint density at radius 3 is 2.52 bits per heavy atom. The van der Waals surface area contributed by atoms with Gasteiger partial charge in [-0.25, -0.2) is 0 Å². The van der Waals surface area contributed by atoms with Gasteiger partial charge in [-0.1, -0.05) is 54.2 Å². The zero-order valence-corrected chi connectivity index (χ0v) is 15.3. The number of nitrogens with one attached hydrogen (secondary N) is 1. The molecule has 1 atom stereocenters. The highest BCUT2D eigenvalue weighted by molar-refractivity contribution is 8.02. The molecule has 5 heteroatoms. The first-order valence-corrected chi connectivity index (χ1v) is 9.30. The fourth-order valence-electron chi connectivity index (χ4n) is 2.99. The molecule has 1 aliphatic heterocycles. The van der Waals surface area contributed by atoms with Gasteiger partial charge >= 0.3 is 0 Å². The highest BCUT2D eigenvalue weighted by Gasteiger charge is 2.48. The minimum Gasteiger partial charge on any atom is -0.354 e. The highest BCUT2D eigenvalue weighted by Crippen LogP contribution is 2.45. The van der Waals surface area contributed by atoms with Crippen LogP contribution in [0.25, 0.3) is 0 Å². The molecule has 3 rings (SSSR count). The van der Waals surface area contributed by atoms with Crippen molar-refractivity contribution in [2.75, 3.05) is 18.0 Å². The third-order valence-corrected chi connectivity index (χ3v) is 5.75. The lowest BCUT2D eigenvalue weighted by Gasteiger charge is -2.38. The summed E-state index contributed by atoms with van der Waals surface area (Å²) in [5.74, 6) is -0.387. The van der Waals surface area contributed by atoms with Gasteiger partial charge in [-0.15, -0.1) is 0 Å². The number of thioether (sulfide) groups is 1. The maximum Gasteiger partial charge on any atom is 0.252 e. The number of para-hydroxylation sites is 1. The van der Waals surface area contributed by atoms with E-state index in [0.29, 0.717) is 13.1 Å². The zero-order chi connectivity index (χ0) is 17.9. The number of hydrogen-bond donors (Lipinski definition) is 1. The van der Waals surface area contributed by atoms with Gasteiger partial charge in [-0.2, -0.15) is 0 Å². The van der Waals surface area contributed by atoms with Crippen LogP contribution in [0.4, 0.5) is 5.69 Å². The lowest BCUT2D eigenvalue weighted by Crippen LogP contribution is -2.56. The number of fused-ring (bicyclic) bond motifs is 1. The summed E-state index contributed by atoms with van der Waals surface area (Å²) in [4.78, 5) is 28.4. The average molecular weight is 354 g/mol. The fourth-order valence-corrected chi connectivity index (χ4v) is 4.22. The maximum atomic E-state index is 13.0. The van der Waals surface area contributed by atoms with Crippen LogP contribution in [0.15, 0.2) is 59.5 Å². The molecule has 2 aromatic rings. The second-order valence-electron chi connectivity index (χ2n) is 6.14. The van der Waals surface area contributed by atoms with Crippen molar-refractivity contribution in [1.29, 1.82) is 0 Å². The van der Waals surface area contributed by atoms with Crippen molar-refractivity contribution in [3.05, 3.63) is 60.2 Å². The number of amides is 2. The van der Waals surface area contributed by atoms with E-state index in [4.69, 9.17) is 0 Å². The van der Waals surface area contributed by atoms with E-state index in [-0.39, 0.29) is 11.8 Å². The van der Waals surface area contributed by atoms with Gasteiger partial charge in [0.05, 0.1) is 5.69 Å². The predicted molar refractivity (Wildman–Crippen MR) is 102 cm³/mol. The molecular weight excluding hydrogens is 332 g/mol. The first-order valence-electron chi connectivity index (χ1n) is 8.48. The van der Waals surface area contributed by atoms with Crippen molar-refractivity contribution in [2.45, 2.75) is 29.9 Å². The van der Waals surface area contributed by atoms with Gasteiger partial charge in [0.25, 0.3) is 5.91 Å². The normalized spacial score (nSPS) is 19.4. The Morgan fingerprint density at radius 2 is 1.80 bits per heavy atom. The first-order chi connectivity index (χ1) is 12.1. The molecule has 4 nitrogen and oxygen atoms in total. The maximum absolute atomic E-state index is 13.0. The molecule has 1 heterocycles. The van der Waals surface area contributed by atoms with Gasteiger partial charge in [-0.05, 0) is 38.0 Å². The van der Waals surface area contributed by atoms with E-state index in [0.717, 1.165) is 22.6 Å². The number of anilines is 1. The largest absolute Gasteiger partial charge is 0.354 e.